The number of hydrogen-bond acceptors (Lipinski definition) is 3. The number of aryl methyl sites for hydroxylation is 2. The van der Waals surface area contributed by atoms with E-state index >= 15 is 0 Å². The lowest BCUT2D eigenvalue weighted by atomic mass is 10.1. The largest absolute Gasteiger partial charge is 0.307 e. The number of nitrogens with zero attached hydrogens (tertiary/aromatic N) is 3. The van der Waals surface area contributed by atoms with Crippen LogP contribution in [0.2, 0.25) is 0 Å². The van der Waals surface area contributed by atoms with E-state index in [4.69, 9.17) is 5.26 Å². The predicted molar refractivity (Wildman–Crippen MR) is 74.3 cm³/mol. The van der Waals surface area contributed by atoms with Gasteiger partial charge in [0.05, 0.1) is 23.0 Å². The molecule has 4 nitrogen and oxygen atoms in total. The van der Waals surface area contributed by atoms with Crippen LogP contribution in [0.15, 0.2) is 30.3 Å². The summed E-state index contributed by atoms with van der Waals surface area (Å²) in [5.41, 5.74) is 4.06. The molecule has 4 heteroatoms. The molecule has 0 atom stereocenters. The first-order valence-corrected chi connectivity index (χ1v) is 6.46. The maximum atomic E-state index is 8.85. The molecule has 0 radical (unpaired) electrons. The van der Waals surface area contributed by atoms with Crippen molar-refractivity contribution in [2.24, 2.45) is 0 Å². The molecule has 1 aromatic carbocycles. The topological polar surface area (TPSA) is 53.6 Å². The van der Waals surface area contributed by atoms with Crippen molar-refractivity contribution in [3.8, 4) is 6.07 Å². The lowest BCUT2D eigenvalue weighted by Crippen LogP contribution is -2.16. The average Bonchev–Trinajstić information content (AvgIpc) is 2.79. The number of benzene rings is 1. The highest BCUT2D eigenvalue weighted by molar-refractivity contribution is 5.32. The third kappa shape index (κ3) is 3.43. The number of aromatic nitrogens is 2. The van der Waals surface area contributed by atoms with Crippen LogP contribution in [0.3, 0.4) is 0 Å². The Bertz CT molecular complexity index is 592. The average molecular weight is 254 g/mol. The summed E-state index contributed by atoms with van der Waals surface area (Å²) in [4.78, 5) is 0. The van der Waals surface area contributed by atoms with Crippen molar-refractivity contribution in [1.82, 2.24) is 15.1 Å². The molecule has 0 saturated heterocycles. The van der Waals surface area contributed by atoms with Gasteiger partial charge in [0.2, 0.25) is 0 Å². The summed E-state index contributed by atoms with van der Waals surface area (Å²) < 4.78 is 2.01. The van der Waals surface area contributed by atoms with E-state index in [1.807, 2.05) is 35.9 Å². The summed E-state index contributed by atoms with van der Waals surface area (Å²) in [5.74, 6) is 0. The van der Waals surface area contributed by atoms with E-state index in [0.29, 0.717) is 5.56 Å². The van der Waals surface area contributed by atoms with E-state index in [0.717, 1.165) is 30.9 Å². The maximum absolute atomic E-state index is 8.85. The molecular formula is C15H18N4. The lowest BCUT2D eigenvalue weighted by Gasteiger charge is -2.07. The molecule has 0 aliphatic rings. The molecule has 0 bridgehead atoms. The molecule has 2 aromatic rings. The summed E-state index contributed by atoms with van der Waals surface area (Å²) in [5, 5.41) is 16.7. The molecular weight excluding hydrogens is 236 g/mol. The van der Waals surface area contributed by atoms with Gasteiger partial charge in [-0.3, -0.25) is 4.68 Å². The third-order valence-corrected chi connectivity index (χ3v) is 2.98. The first-order chi connectivity index (χ1) is 9.22. The van der Waals surface area contributed by atoms with Crippen molar-refractivity contribution in [2.45, 2.75) is 33.5 Å². The van der Waals surface area contributed by atoms with Gasteiger partial charge in [0.15, 0.2) is 0 Å². The molecule has 1 heterocycles. The van der Waals surface area contributed by atoms with Crippen LogP contribution in [-0.2, 0) is 19.6 Å². The second-order valence-electron chi connectivity index (χ2n) is 4.51. The summed E-state index contributed by atoms with van der Waals surface area (Å²) >= 11 is 0. The predicted octanol–water partition coefficient (Wildman–Crippen LogP) is 2.37. The Labute approximate surface area is 113 Å². The Morgan fingerprint density at radius 1 is 1.32 bits per heavy atom. The third-order valence-electron chi connectivity index (χ3n) is 2.98. The second-order valence-corrected chi connectivity index (χ2v) is 4.51. The number of rotatable bonds is 5. The Kier molecular flexibility index (Phi) is 4.32. The molecule has 0 saturated carbocycles. The standard InChI is InChI=1S/C15H18N4/c1-3-19-15(7-12(2)18-19)11-17-10-14-6-4-5-13(8-14)9-16/h4-8,17H,3,10-11H2,1-2H3. The first-order valence-electron chi connectivity index (χ1n) is 6.46. The van der Waals surface area contributed by atoms with Gasteiger partial charge in [-0.25, -0.2) is 0 Å². The van der Waals surface area contributed by atoms with E-state index in [9.17, 15) is 0 Å². The molecule has 1 aromatic heterocycles. The zero-order valence-electron chi connectivity index (χ0n) is 11.3. The van der Waals surface area contributed by atoms with Crippen LogP contribution in [0.4, 0.5) is 0 Å². The second kappa shape index (κ2) is 6.17. The highest BCUT2D eigenvalue weighted by Gasteiger charge is 2.03. The molecule has 0 aliphatic heterocycles. The van der Waals surface area contributed by atoms with Gasteiger partial charge >= 0.3 is 0 Å². The fourth-order valence-corrected chi connectivity index (χ4v) is 2.10. The molecule has 2 rings (SSSR count). The Hall–Kier alpha value is -2.12. The highest BCUT2D eigenvalue weighted by atomic mass is 15.3. The summed E-state index contributed by atoms with van der Waals surface area (Å²) in [6.45, 7) is 6.52. The number of hydrogen-bond donors (Lipinski definition) is 1. The normalized spacial score (nSPS) is 10.4. The first kappa shape index (κ1) is 13.3. The molecule has 0 spiro atoms. The Morgan fingerprint density at radius 2 is 2.16 bits per heavy atom. The van der Waals surface area contributed by atoms with Gasteiger partial charge in [-0.1, -0.05) is 12.1 Å². The fraction of sp³-hybridized carbons (Fsp3) is 0.333. The van der Waals surface area contributed by atoms with Crippen LogP contribution >= 0.6 is 0 Å². The van der Waals surface area contributed by atoms with Gasteiger partial charge in [-0.05, 0) is 37.6 Å². The summed E-state index contributed by atoms with van der Waals surface area (Å²) in [7, 11) is 0. The van der Waals surface area contributed by atoms with Crippen molar-refractivity contribution in [3.05, 3.63) is 52.8 Å². The van der Waals surface area contributed by atoms with E-state index in [1.165, 1.54) is 5.69 Å². The molecule has 0 aliphatic carbocycles. The van der Waals surface area contributed by atoms with Gasteiger partial charge < -0.3 is 5.32 Å². The molecule has 0 amide bonds. The quantitative estimate of drug-likeness (QED) is 0.891. The summed E-state index contributed by atoms with van der Waals surface area (Å²) in [6.07, 6.45) is 0. The van der Waals surface area contributed by atoms with E-state index < -0.39 is 0 Å². The Balaban J connectivity index is 1.94. The molecule has 0 unspecified atom stereocenters. The van der Waals surface area contributed by atoms with Gasteiger partial charge in [0.25, 0.3) is 0 Å². The van der Waals surface area contributed by atoms with Crippen LogP contribution in [0.5, 0.6) is 0 Å². The number of nitrogens with one attached hydrogen (secondary N) is 1. The van der Waals surface area contributed by atoms with Crippen molar-refractivity contribution in [1.29, 1.82) is 5.26 Å². The van der Waals surface area contributed by atoms with E-state index in [1.54, 1.807) is 0 Å². The van der Waals surface area contributed by atoms with Crippen LogP contribution in [0.25, 0.3) is 0 Å². The minimum atomic E-state index is 0.703. The van der Waals surface area contributed by atoms with E-state index in [2.05, 4.69) is 29.5 Å². The zero-order valence-corrected chi connectivity index (χ0v) is 11.3. The van der Waals surface area contributed by atoms with E-state index in [-0.39, 0.29) is 0 Å². The molecule has 1 N–H and O–H groups in total. The molecule has 0 fully saturated rings. The van der Waals surface area contributed by atoms with Gasteiger partial charge in [-0.15, -0.1) is 0 Å². The Morgan fingerprint density at radius 3 is 2.89 bits per heavy atom. The number of nitriles is 1. The van der Waals surface area contributed by atoms with Gasteiger partial charge in [0, 0.05) is 19.6 Å². The van der Waals surface area contributed by atoms with Gasteiger partial charge in [0.1, 0.15) is 0 Å². The van der Waals surface area contributed by atoms with Crippen molar-refractivity contribution in [2.75, 3.05) is 0 Å². The molecule has 98 valence electrons. The SMILES string of the molecule is CCn1nc(C)cc1CNCc1cccc(C#N)c1. The lowest BCUT2D eigenvalue weighted by molar-refractivity contribution is 0.579. The van der Waals surface area contributed by atoms with Crippen molar-refractivity contribution >= 4 is 0 Å². The zero-order chi connectivity index (χ0) is 13.7. The highest BCUT2D eigenvalue weighted by Crippen LogP contribution is 2.06. The smallest absolute Gasteiger partial charge is 0.0991 e. The van der Waals surface area contributed by atoms with Crippen molar-refractivity contribution in [3.63, 3.8) is 0 Å². The van der Waals surface area contributed by atoms with Gasteiger partial charge in [-0.2, -0.15) is 10.4 Å². The van der Waals surface area contributed by atoms with Crippen LogP contribution in [-0.4, -0.2) is 9.78 Å². The maximum Gasteiger partial charge on any atom is 0.0991 e. The summed E-state index contributed by atoms with van der Waals surface area (Å²) in [6, 6.07) is 11.9. The molecule has 19 heavy (non-hydrogen) atoms. The van der Waals surface area contributed by atoms with Crippen LogP contribution in [0.1, 0.15) is 29.4 Å². The van der Waals surface area contributed by atoms with Crippen LogP contribution in [0, 0.1) is 18.3 Å². The minimum absolute atomic E-state index is 0.703. The van der Waals surface area contributed by atoms with Crippen molar-refractivity contribution < 1.29 is 0 Å². The fourth-order valence-electron chi connectivity index (χ4n) is 2.10. The monoisotopic (exact) mass is 254 g/mol. The minimum Gasteiger partial charge on any atom is -0.307 e. The van der Waals surface area contributed by atoms with Crippen LogP contribution < -0.4 is 5.32 Å².